The minimum Gasteiger partial charge on any atom is -0.295 e. The molecule has 0 atom stereocenters. The van der Waals surface area contributed by atoms with Crippen LogP contribution >= 0.6 is 0 Å². The predicted molar refractivity (Wildman–Crippen MR) is 62.8 cm³/mol. The Morgan fingerprint density at radius 2 is 1.80 bits per heavy atom. The van der Waals surface area contributed by atoms with Gasteiger partial charge in [-0.1, -0.05) is 42.0 Å². The predicted octanol–water partition coefficient (Wildman–Crippen LogP) is 3.62. The summed E-state index contributed by atoms with van der Waals surface area (Å²) < 4.78 is 0. The van der Waals surface area contributed by atoms with Crippen LogP contribution in [0.3, 0.4) is 0 Å². The summed E-state index contributed by atoms with van der Waals surface area (Å²) in [4.78, 5) is 11.1. The molecule has 0 unspecified atom stereocenters. The van der Waals surface area contributed by atoms with Crippen LogP contribution in [0.4, 0.5) is 0 Å². The van der Waals surface area contributed by atoms with Crippen LogP contribution in [0.1, 0.15) is 36.2 Å². The van der Waals surface area contributed by atoms with Crippen molar-refractivity contribution in [3.8, 4) is 0 Å². The van der Waals surface area contributed by atoms with E-state index < -0.39 is 0 Å². The molecule has 0 radical (unpaired) electrons. The van der Waals surface area contributed by atoms with Crippen molar-refractivity contribution in [1.82, 2.24) is 0 Å². The first-order valence-electron chi connectivity index (χ1n) is 5.14. The Bertz CT molecular complexity index is 447. The highest BCUT2D eigenvalue weighted by Gasteiger charge is 2.07. The molecule has 76 valence electrons. The molecule has 0 N–H and O–H groups in total. The molecule has 1 aliphatic carbocycles. The number of hydrogen-bond donors (Lipinski definition) is 0. The van der Waals surface area contributed by atoms with Gasteiger partial charge in [-0.05, 0) is 31.4 Å². The average Bonchev–Trinajstić information content (AvgIpc) is 2.65. The maximum atomic E-state index is 11.1. The van der Waals surface area contributed by atoms with E-state index in [0.717, 1.165) is 12.0 Å². The molecule has 0 aromatic heterocycles. The topological polar surface area (TPSA) is 17.1 Å². The van der Waals surface area contributed by atoms with Gasteiger partial charge in [-0.3, -0.25) is 4.79 Å². The van der Waals surface area contributed by atoms with Gasteiger partial charge in [0.05, 0.1) is 0 Å². The summed E-state index contributed by atoms with van der Waals surface area (Å²) in [5.41, 5.74) is 4.72. The lowest BCUT2D eigenvalue weighted by Gasteiger charge is -2.03. The van der Waals surface area contributed by atoms with E-state index in [1.54, 1.807) is 6.92 Å². The van der Waals surface area contributed by atoms with Crippen molar-refractivity contribution in [2.24, 2.45) is 0 Å². The number of carbonyl (C=O) groups excluding carboxylic acids is 1. The number of Topliss-reactive ketones (excluding diaryl/α,β-unsaturated/α-hetero) is 1. The van der Waals surface area contributed by atoms with E-state index >= 15 is 0 Å². The molecule has 0 fully saturated rings. The number of allylic oxidation sites excluding steroid dienone is 4. The number of hydrogen-bond acceptors (Lipinski definition) is 1. The highest BCUT2D eigenvalue weighted by Crippen LogP contribution is 2.27. The number of rotatable bonds is 2. The molecule has 15 heavy (non-hydrogen) atoms. The number of benzene rings is 1. The largest absolute Gasteiger partial charge is 0.295 e. The average molecular weight is 198 g/mol. The Balaban J connectivity index is 2.22. The first-order chi connectivity index (χ1) is 7.16. The lowest BCUT2D eigenvalue weighted by molar-refractivity contribution is 0.101. The van der Waals surface area contributed by atoms with Gasteiger partial charge < -0.3 is 0 Å². The maximum absolute atomic E-state index is 11.1. The Kier molecular flexibility index (Phi) is 2.55. The fourth-order valence-electron chi connectivity index (χ4n) is 1.78. The molecule has 0 aliphatic heterocycles. The van der Waals surface area contributed by atoms with Gasteiger partial charge in [-0.25, -0.2) is 0 Å². The Hall–Kier alpha value is -1.63. The molecule has 0 bridgehead atoms. The summed E-state index contributed by atoms with van der Waals surface area (Å²) in [6, 6.07) is 7.84. The van der Waals surface area contributed by atoms with Crippen LogP contribution in [0.15, 0.2) is 42.0 Å². The maximum Gasteiger partial charge on any atom is 0.159 e. The second-order valence-electron chi connectivity index (χ2n) is 4.02. The van der Waals surface area contributed by atoms with Crippen LogP contribution < -0.4 is 0 Å². The van der Waals surface area contributed by atoms with Gasteiger partial charge in [-0.2, -0.15) is 0 Å². The third-order valence-corrected chi connectivity index (χ3v) is 2.70. The minimum atomic E-state index is 0.122. The van der Waals surface area contributed by atoms with Crippen molar-refractivity contribution in [2.75, 3.05) is 0 Å². The zero-order valence-electron chi connectivity index (χ0n) is 9.08. The third kappa shape index (κ3) is 2.07. The van der Waals surface area contributed by atoms with Crippen molar-refractivity contribution in [2.45, 2.75) is 20.3 Å². The van der Waals surface area contributed by atoms with Crippen LogP contribution in [0.2, 0.25) is 0 Å². The van der Waals surface area contributed by atoms with Gasteiger partial charge in [0.2, 0.25) is 0 Å². The van der Waals surface area contributed by atoms with Gasteiger partial charge >= 0.3 is 0 Å². The fraction of sp³-hybridized carbons (Fsp3) is 0.214. The molecule has 1 nitrogen and oxygen atoms in total. The Morgan fingerprint density at radius 1 is 1.13 bits per heavy atom. The Morgan fingerprint density at radius 3 is 2.27 bits per heavy atom. The van der Waals surface area contributed by atoms with Crippen LogP contribution in [0, 0.1) is 0 Å². The van der Waals surface area contributed by atoms with Crippen molar-refractivity contribution < 1.29 is 4.79 Å². The highest BCUT2D eigenvalue weighted by atomic mass is 16.1. The van der Waals surface area contributed by atoms with Gasteiger partial charge in [0.15, 0.2) is 5.78 Å². The van der Waals surface area contributed by atoms with Crippen molar-refractivity contribution in [1.29, 1.82) is 0 Å². The van der Waals surface area contributed by atoms with E-state index in [1.807, 2.05) is 24.3 Å². The molecule has 0 spiro atoms. The van der Waals surface area contributed by atoms with Crippen LogP contribution in [0.5, 0.6) is 0 Å². The molecule has 1 aliphatic rings. The smallest absolute Gasteiger partial charge is 0.159 e. The summed E-state index contributed by atoms with van der Waals surface area (Å²) in [5, 5.41) is 0. The first kappa shape index (κ1) is 9.91. The molecule has 1 aromatic rings. The van der Waals surface area contributed by atoms with E-state index in [4.69, 9.17) is 0 Å². The van der Waals surface area contributed by atoms with Crippen LogP contribution in [-0.2, 0) is 0 Å². The number of carbonyl (C=O) groups is 1. The molecule has 0 amide bonds. The molecule has 1 heteroatoms. The van der Waals surface area contributed by atoms with E-state index in [1.165, 1.54) is 16.7 Å². The second kappa shape index (κ2) is 3.85. The summed E-state index contributed by atoms with van der Waals surface area (Å²) >= 11 is 0. The van der Waals surface area contributed by atoms with Gasteiger partial charge in [0.1, 0.15) is 0 Å². The first-order valence-corrected chi connectivity index (χ1v) is 5.14. The molecular formula is C14H14O. The molecule has 2 rings (SSSR count). The molecule has 0 saturated carbocycles. The van der Waals surface area contributed by atoms with Crippen LogP contribution in [0.25, 0.3) is 5.57 Å². The summed E-state index contributed by atoms with van der Waals surface area (Å²) in [7, 11) is 0. The monoisotopic (exact) mass is 198 g/mol. The Labute approximate surface area is 90.1 Å². The standard InChI is InChI=1S/C14H14O/c1-10-3-4-14(9-10)13-7-5-12(6-8-13)11(2)15/h3-8H,9H2,1-2H3. The zero-order chi connectivity index (χ0) is 10.8. The minimum absolute atomic E-state index is 0.122. The van der Waals surface area contributed by atoms with E-state index in [2.05, 4.69) is 19.1 Å². The zero-order valence-corrected chi connectivity index (χ0v) is 9.08. The lowest BCUT2D eigenvalue weighted by atomic mass is 10.0. The van der Waals surface area contributed by atoms with E-state index in [0.29, 0.717) is 0 Å². The fourth-order valence-corrected chi connectivity index (χ4v) is 1.78. The van der Waals surface area contributed by atoms with Crippen molar-refractivity contribution >= 4 is 11.4 Å². The van der Waals surface area contributed by atoms with E-state index in [9.17, 15) is 4.79 Å². The number of ketones is 1. The van der Waals surface area contributed by atoms with Crippen LogP contribution in [-0.4, -0.2) is 5.78 Å². The van der Waals surface area contributed by atoms with Gasteiger partial charge in [0, 0.05) is 5.56 Å². The van der Waals surface area contributed by atoms with Crippen molar-refractivity contribution in [3.63, 3.8) is 0 Å². The van der Waals surface area contributed by atoms with E-state index in [-0.39, 0.29) is 5.78 Å². The summed E-state index contributed by atoms with van der Waals surface area (Å²) in [6.45, 7) is 3.73. The highest BCUT2D eigenvalue weighted by molar-refractivity contribution is 5.94. The molecule has 1 aromatic carbocycles. The molecule has 0 saturated heterocycles. The third-order valence-electron chi connectivity index (χ3n) is 2.70. The molecule has 0 heterocycles. The van der Waals surface area contributed by atoms with Gasteiger partial charge in [0.25, 0.3) is 0 Å². The van der Waals surface area contributed by atoms with Gasteiger partial charge in [-0.15, -0.1) is 0 Å². The summed E-state index contributed by atoms with van der Waals surface area (Å²) in [5.74, 6) is 0.122. The quantitative estimate of drug-likeness (QED) is 0.663. The van der Waals surface area contributed by atoms with Crippen molar-refractivity contribution in [3.05, 3.63) is 53.1 Å². The SMILES string of the molecule is CC(=O)c1ccc(C2=CC=C(C)C2)cc1. The lowest BCUT2D eigenvalue weighted by Crippen LogP contribution is -1.91. The second-order valence-corrected chi connectivity index (χ2v) is 4.02. The normalized spacial score (nSPS) is 14.8. The molecular weight excluding hydrogens is 184 g/mol. The summed E-state index contributed by atoms with van der Waals surface area (Å²) in [6.07, 6.45) is 5.33.